The molecule has 1 N–H and O–H groups in total. The second kappa shape index (κ2) is 3.79. The fraction of sp³-hybridized carbons (Fsp3) is 0.556. The van der Waals surface area contributed by atoms with Crippen LogP contribution in [0.3, 0.4) is 0 Å². The van der Waals surface area contributed by atoms with Crippen LogP contribution >= 0.6 is 0 Å². The van der Waals surface area contributed by atoms with Crippen LogP contribution in [0.1, 0.15) is 20.8 Å². The average molecular weight is 198 g/mol. The van der Waals surface area contributed by atoms with E-state index in [4.69, 9.17) is 4.84 Å². The van der Waals surface area contributed by atoms with Gasteiger partial charge in [-0.2, -0.15) is 5.06 Å². The minimum Gasteiger partial charge on any atom is -0.274 e. The summed E-state index contributed by atoms with van der Waals surface area (Å²) in [6.45, 7) is 5.39. The summed E-state index contributed by atoms with van der Waals surface area (Å²) in [5.74, 6) is -0.344. The van der Waals surface area contributed by atoms with E-state index < -0.39 is 11.6 Å². The fourth-order valence-electron chi connectivity index (χ4n) is 1.08. The van der Waals surface area contributed by atoms with E-state index in [1.54, 1.807) is 19.9 Å². The quantitative estimate of drug-likeness (QED) is 0.539. The summed E-state index contributed by atoms with van der Waals surface area (Å²) < 4.78 is 0. The number of hydrogen-bond acceptors (Lipinski definition) is 3. The van der Waals surface area contributed by atoms with E-state index in [1.165, 1.54) is 0 Å². The second-order valence-electron chi connectivity index (χ2n) is 3.48. The van der Waals surface area contributed by atoms with Crippen LogP contribution in [-0.4, -0.2) is 29.1 Å². The Bertz CT molecular complexity index is 284. The average Bonchev–Trinajstić information content (AvgIpc) is 2.28. The predicted octanol–water partition coefficient (Wildman–Crippen LogP) is 0.825. The number of urea groups is 1. The van der Waals surface area contributed by atoms with Gasteiger partial charge in [-0.15, -0.1) is 0 Å². The molecule has 1 aliphatic heterocycles. The van der Waals surface area contributed by atoms with Crippen LogP contribution in [0.4, 0.5) is 4.79 Å². The lowest BCUT2D eigenvalue weighted by Crippen LogP contribution is -2.44. The Kier molecular flexibility index (Phi) is 2.90. The highest BCUT2D eigenvalue weighted by molar-refractivity contribution is 6.05. The van der Waals surface area contributed by atoms with Crippen LogP contribution < -0.4 is 5.32 Å². The Labute approximate surface area is 82.7 Å². The molecule has 1 aliphatic rings. The molecule has 0 spiro atoms. The van der Waals surface area contributed by atoms with Crippen molar-refractivity contribution in [3.05, 3.63) is 12.2 Å². The van der Waals surface area contributed by atoms with Crippen molar-refractivity contribution in [2.45, 2.75) is 26.3 Å². The second-order valence-corrected chi connectivity index (χ2v) is 3.48. The third kappa shape index (κ3) is 1.77. The molecule has 1 heterocycles. The summed E-state index contributed by atoms with van der Waals surface area (Å²) in [6.07, 6.45) is 3.56. The zero-order chi connectivity index (χ0) is 10.8. The first-order chi connectivity index (χ1) is 6.50. The number of nitrogens with one attached hydrogen (secondary N) is 1. The Morgan fingerprint density at radius 3 is 2.57 bits per heavy atom. The van der Waals surface area contributed by atoms with Crippen LogP contribution in [0.15, 0.2) is 12.2 Å². The molecule has 0 radical (unpaired) electrons. The first-order valence-electron chi connectivity index (χ1n) is 4.40. The molecule has 0 bridgehead atoms. The Morgan fingerprint density at radius 2 is 2.14 bits per heavy atom. The number of imide groups is 1. The molecule has 0 aromatic heterocycles. The van der Waals surface area contributed by atoms with Crippen molar-refractivity contribution in [1.82, 2.24) is 10.4 Å². The van der Waals surface area contributed by atoms with Crippen LogP contribution in [0.25, 0.3) is 0 Å². The first-order valence-corrected chi connectivity index (χ1v) is 4.40. The van der Waals surface area contributed by atoms with Crippen molar-refractivity contribution in [1.29, 1.82) is 0 Å². The van der Waals surface area contributed by atoms with Crippen molar-refractivity contribution < 1.29 is 14.4 Å². The summed E-state index contributed by atoms with van der Waals surface area (Å²) in [5, 5.41) is 3.25. The van der Waals surface area contributed by atoms with E-state index in [0.717, 1.165) is 5.06 Å². The molecule has 5 heteroatoms. The van der Waals surface area contributed by atoms with Gasteiger partial charge in [-0.3, -0.25) is 14.9 Å². The van der Waals surface area contributed by atoms with E-state index in [2.05, 4.69) is 5.32 Å². The highest BCUT2D eigenvalue weighted by Gasteiger charge is 2.46. The molecule has 1 saturated heterocycles. The summed E-state index contributed by atoms with van der Waals surface area (Å²) in [6, 6.07) is -0.510. The molecule has 0 unspecified atom stereocenters. The molecule has 78 valence electrons. The van der Waals surface area contributed by atoms with E-state index in [1.807, 2.05) is 13.0 Å². The number of hydroxylamine groups is 2. The fourth-order valence-corrected chi connectivity index (χ4v) is 1.08. The van der Waals surface area contributed by atoms with Crippen LogP contribution in [0.5, 0.6) is 0 Å². The Morgan fingerprint density at radius 1 is 1.50 bits per heavy atom. The van der Waals surface area contributed by atoms with Crippen LogP contribution in [0, 0.1) is 0 Å². The normalized spacial score (nSPS) is 20.6. The van der Waals surface area contributed by atoms with E-state index in [9.17, 15) is 9.59 Å². The molecule has 1 fully saturated rings. The van der Waals surface area contributed by atoms with Crippen molar-refractivity contribution in [3.63, 3.8) is 0 Å². The van der Waals surface area contributed by atoms with Gasteiger partial charge in [-0.25, -0.2) is 4.79 Å². The van der Waals surface area contributed by atoms with E-state index >= 15 is 0 Å². The zero-order valence-electron chi connectivity index (χ0n) is 8.53. The molecule has 0 aliphatic carbocycles. The summed E-state index contributed by atoms with van der Waals surface area (Å²) in [5.41, 5.74) is -0.932. The van der Waals surface area contributed by atoms with Crippen molar-refractivity contribution in [2.24, 2.45) is 0 Å². The van der Waals surface area contributed by atoms with Crippen molar-refractivity contribution in [3.8, 4) is 0 Å². The number of carbonyl (C=O) groups excluding carboxylic acids is 2. The minimum absolute atomic E-state index is 0.278. The van der Waals surface area contributed by atoms with Gasteiger partial charge in [-0.05, 0) is 20.8 Å². The van der Waals surface area contributed by atoms with Crippen molar-refractivity contribution in [2.75, 3.05) is 6.61 Å². The largest absolute Gasteiger partial charge is 0.349 e. The van der Waals surface area contributed by atoms with Gasteiger partial charge < -0.3 is 0 Å². The maximum Gasteiger partial charge on any atom is 0.349 e. The van der Waals surface area contributed by atoms with Gasteiger partial charge in [0, 0.05) is 0 Å². The van der Waals surface area contributed by atoms with Gasteiger partial charge in [0.05, 0.1) is 6.61 Å². The number of allylic oxidation sites excluding steroid dienone is 1. The number of rotatable bonds is 3. The predicted molar refractivity (Wildman–Crippen MR) is 50.2 cm³/mol. The highest BCUT2D eigenvalue weighted by atomic mass is 16.7. The molecular weight excluding hydrogens is 184 g/mol. The SMILES string of the molecule is CC=CCON1C(=O)NC(=O)C1(C)C. The lowest BCUT2D eigenvalue weighted by Gasteiger charge is -2.25. The topological polar surface area (TPSA) is 58.6 Å². The molecule has 14 heavy (non-hydrogen) atoms. The van der Waals surface area contributed by atoms with Gasteiger partial charge in [0.1, 0.15) is 5.54 Å². The Hall–Kier alpha value is -1.36. The summed E-state index contributed by atoms with van der Waals surface area (Å²) >= 11 is 0. The third-order valence-electron chi connectivity index (χ3n) is 2.00. The standard InChI is InChI=1S/C9H14N2O3/c1-4-5-6-14-11-8(13)10-7(12)9(11,2)3/h4-5H,6H2,1-3H3,(H,10,12,13). The molecule has 3 amide bonds. The molecular formula is C9H14N2O3. The summed E-state index contributed by atoms with van der Waals surface area (Å²) in [4.78, 5) is 27.7. The first kappa shape index (κ1) is 10.7. The molecule has 0 atom stereocenters. The van der Waals surface area contributed by atoms with Crippen LogP contribution in [-0.2, 0) is 9.63 Å². The third-order valence-corrected chi connectivity index (χ3v) is 2.00. The smallest absolute Gasteiger partial charge is 0.274 e. The van der Waals surface area contributed by atoms with Gasteiger partial charge in [0.25, 0.3) is 5.91 Å². The van der Waals surface area contributed by atoms with Gasteiger partial charge in [0.2, 0.25) is 0 Å². The minimum atomic E-state index is -0.932. The summed E-state index contributed by atoms with van der Waals surface area (Å²) in [7, 11) is 0. The van der Waals surface area contributed by atoms with Gasteiger partial charge >= 0.3 is 6.03 Å². The number of amides is 3. The molecule has 0 aromatic rings. The number of hydrogen-bond donors (Lipinski definition) is 1. The number of nitrogens with zero attached hydrogens (tertiary/aromatic N) is 1. The monoisotopic (exact) mass is 198 g/mol. The maximum absolute atomic E-state index is 11.3. The molecule has 0 aromatic carbocycles. The van der Waals surface area contributed by atoms with Gasteiger partial charge in [0.15, 0.2) is 0 Å². The molecule has 1 rings (SSSR count). The van der Waals surface area contributed by atoms with Crippen molar-refractivity contribution >= 4 is 11.9 Å². The van der Waals surface area contributed by atoms with E-state index in [-0.39, 0.29) is 12.5 Å². The number of carbonyl (C=O) groups is 2. The van der Waals surface area contributed by atoms with Gasteiger partial charge in [-0.1, -0.05) is 12.2 Å². The van der Waals surface area contributed by atoms with Crippen LogP contribution in [0.2, 0.25) is 0 Å². The molecule has 5 nitrogen and oxygen atoms in total. The highest BCUT2D eigenvalue weighted by Crippen LogP contribution is 2.20. The van der Waals surface area contributed by atoms with E-state index in [0.29, 0.717) is 0 Å². The zero-order valence-corrected chi connectivity index (χ0v) is 8.53. The molecule has 0 saturated carbocycles. The lowest BCUT2D eigenvalue weighted by atomic mass is 10.1. The lowest BCUT2D eigenvalue weighted by molar-refractivity contribution is -0.160. The Balaban J connectivity index is 2.67. The maximum atomic E-state index is 11.3.